The molecule has 2 saturated heterocycles. The number of likely N-dealkylation sites (tertiary alicyclic amines) is 1. The first-order valence-corrected chi connectivity index (χ1v) is 7.46. The lowest BCUT2D eigenvalue weighted by Gasteiger charge is -2.26. The molecule has 0 aromatic carbocycles. The molecule has 1 N–H and O–H groups in total. The average Bonchev–Trinajstić information content (AvgIpc) is 2.82. The highest BCUT2D eigenvalue weighted by Crippen LogP contribution is 2.25. The minimum absolute atomic E-state index is 0.00671. The summed E-state index contributed by atoms with van der Waals surface area (Å²) in [5, 5.41) is 3.52. The van der Waals surface area contributed by atoms with E-state index in [1.165, 1.54) is 18.6 Å². The first kappa shape index (κ1) is 12.7. The van der Waals surface area contributed by atoms with Crippen molar-refractivity contribution >= 4 is 23.6 Å². The zero-order chi connectivity index (χ0) is 12.1. The summed E-state index contributed by atoms with van der Waals surface area (Å²) in [6.07, 6.45) is 5.06. The van der Waals surface area contributed by atoms with Crippen molar-refractivity contribution in [3.8, 4) is 0 Å². The Morgan fingerprint density at radius 1 is 1.41 bits per heavy atom. The van der Waals surface area contributed by atoms with Crippen molar-refractivity contribution in [3.05, 3.63) is 0 Å². The van der Waals surface area contributed by atoms with Crippen LogP contribution in [0.25, 0.3) is 0 Å². The monoisotopic (exact) mass is 256 g/mol. The van der Waals surface area contributed by atoms with E-state index in [-0.39, 0.29) is 18.4 Å². The van der Waals surface area contributed by atoms with E-state index in [2.05, 4.69) is 5.32 Å². The van der Waals surface area contributed by atoms with Crippen LogP contribution >= 0.6 is 11.8 Å². The standard InChI is InChI=1S/C12H20N2O2S/c15-11(13-8-10-4-3-7-17-10)9-14-6-2-1-5-12(14)16/h10H,1-9H2,(H,13,15)/t10-/m0/s1. The third kappa shape index (κ3) is 3.91. The van der Waals surface area contributed by atoms with E-state index in [1.54, 1.807) is 4.90 Å². The predicted molar refractivity (Wildman–Crippen MR) is 68.9 cm³/mol. The first-order chi connectivity index (χ1) is 8.25. The largest absolute Gasteiger partial charge is 0.353 e. The van der Waals surface area contributed by atoms with Gasteiger partial charge in [0, 0.05) is 24.8 Å². The Morgan fingerprint density at radius 3 is 3.00 bits per heavy atom. The Balaban J connectivity index is 1.67. The molecule has 2 rings (SSSR count). The average molecular weight is 256 g/mol. The van der Waals surface area contributed by atoms with Gasteiger partial charge in [0.15, 0.2) is 0 Å². The van der Waals surface area contributed by atoms with Crippen molar-refractivity contribution in [1.29, 1.82) is 0 Å². The Bertz CT molecular complexity index is 290. The quantitative estimate of drug-likeness (QED) is 0.816. The van der Waals surface area contributed by atoms with E-state index >= 15 is 0 Å². The van der Waals surface area contributed by atoms with Gasteiger partial charge in [-0.2, -0.15) is 11.8 Å². The van der Waals surface area contributed by atoms with E-state index in [0.29, 0.717) is 11.7 Å². The fraction of sp³-hybridized carbons (Fsp3) is 0.833. The number of nitrogens with zero attached hydrogens (tertiary/aromatic N) is 1. The summed E-state index contributed by atoms with van der Waals surface area (Å²) >= 11 is 1.94. The summed E-state index contributed by atoms with van der Waals surface area (Å²) in [4.78, 5) is 24.9. The molecule has 0 aromatic rings. The van der Waals surface area contributed by atoms with Crippen LogP contribution in [0.2, 0.25) is 0 Å². The molecule has 0 bridgehead atoms. The molecule has 2 amide bonds. The lowest BCUT2D eigenvalue weighted by molar-refractivity contribution is -0.137. The van der Waals surface area contributed by atoms with Crippen LogP contribution in [0.4, 0.5) is 0 Å². The summed E-state index contributed by atoms with van der Waals surface area (Å²) in [6, 6.07) is 0. The van der Waals surface area contributed by atoms with E-state index in [4.69, 9.17) is 0 Å². The van der Waals surface area contributed by atoms with Crippen LogP contribution in [0.3, 0.4) is 0 Å². The number of thioether (sulfide) groups is 1. The van der Waals surface area contributed by atoms with E-state index in [9.17, 15) is 9.59 Å². The second kappa shape index (κ2) is 6.28. The number of carbonyl (C=O) groups excluding carboxylic acids is 2. The summed E-state index contributed by atoms with van der Waals surface area (Å²) in [5.74, 6) is 1.33. The summed E-state index contributed by atoms with van der Waals surface area (Å²) in [7, 11) is 0. The van der Waals surface area contributed by atoms with Crippen molar-refractivity contribution in [2.75, 3.05) is 25.4 Å². The molecule has 0 unspecified atom stereocenters. The Hall–Kier alpha value is -0.710. The van der Waals surface area contributed by atoms with E-state index < -0.39 is 0 Å². The van der Waals surface area contributed by atoms with Gasteiger partial charge in [0.05, 0.1) is 6.54 Å². The minimum atomic E-state index is -0.00671. The number of piperidine rings is 1. The van der Waals surface area contributed by atoms with E-state index in [1.807, 2.05) is 11.8 Å². The van der Waals surface area contributed by atoms with Gasteiger partial charge in [0.25, 0.3) is 0 Å². The molecule has 1 atom stereocenters. The highest BCUT2D eigenvalue weighted by molar-refractivity contribution is 8.00. The van der Waals surface area contributed by atoms with Crippen molar-refractivity contribution in [3.63, 3.8) is 0 Å². The molecule has 17 heavy (non-hydrogen) atoms. The number of hydrogen-bond acceptors (Lipinski definition) is 3. The molecular weight excluding hydrogens is 236 g/mol. The van der Waals surface area contributed by atoms with Gasteiger partial charge in [-0.1, -0.05) is 0 Å². The fourth-order valence-electron chi connectivity index (χ4n) is 2.29. The highest BCUT2D eigenvalue weighted by Gasteiger charge is 2.21. The number of rotatable bonds is 4. The zero-order valence-electron chi connectivity index (χ0n) is 10.1. The van der Waals surface area contributed by atoms with Crippen LogP contribution < -0.4 is 5.32 Å². The molecule has 0 spiro atoms. The van der Waals surface area contributed by atoms with Crippen molar-refractivity contribution < 1.29 is 9.59 Å². The number of amides is 2. The SMILES string of the molecule is O=C(CN1CCCCC1=O)NC[C@@H]1CCCS1. The molecule has 2 heterocycles. The Morgan fingerprint density at radius 2 is 2.29 bits per heavy atom. The second-order valence-corrected chi connectivity index (χ2v) is 6.12. The number of nitrogens with one attached hydrogen (secondary N) is 1. The Kier molecular flexibility index (Phi) is 4.71. The third-order valence-corrected chi connectivity index (χ3v) is 4.70. The second-order valence-electron chi connectivity index (χ2n) is 4.71. The lowest BCUT2D eigenvalue weighted by atomic mass is 10.1. The molecule has 2 aliphatic rings. The van der Waals surface area contributed by atoms with Crippen molar-refractivity contribution in [1.82, 2.24) is 10.2 Å². The number of hydrogen-bond donors (Lipinski definition) is 1. The summed E-state index contributed by atoms with van der Waals surface area (Å²) in [6.45, 7) is 1.74. The molecule has 2 aliphatic heterocycles. The molecular formula is C12H20N2O2S. The molecule has 0 radical (unpaired) electrons. The minimum Gasteiger partial charge on any atom is -0.353 e. The van der Waals surface area contributed by atoms with Gasteiger partial charge in [0.2, 0.25) is 11.8 Å². The molecule has 0 aliphatic carbocycles. The molecule has 2 fully saturated rings. The molecule has 0 aromatic heterocycles. The first-order valence-electron chi connectivity index (χ1n) is 6.42. The number of carbonyl (C=O) groups is 2. The van der Waals surface area contributed by atoms with Crippen molar-refractivity contribution in [2.45, 2.75) is 37.4 Å². The van der Waals surface area contributed by atoms with Gasteiger partial charge in [-0.3, -0.25) is 9.59 Å². The van der Waals surface area contributed by atoms with Crippen LogP contribution in [0.5, 0.6) is 0 Å². The maximum Gasteiger partial charge on any atom is 0.239 e. The van der Waals surface area contributed by atoms with Crippen LogP contribution in [0.15, 0.2) is 0 Å². The summed E-state index contributed by atoms with van der Waals surface area (Å²) in [5.41, 5.74) is 0. The summed E-state index contributed by atoms with van der Waals surface area (Å²) < 4.78 is 0. The maximum absolute atomic E-state index is 11.7. The third-order valence-electron chi connectivity index (χ3n) is 3.31. The maximum atomic E-state index is 11.7. The van der Waals surface area contributed by atoms with Gasteiger partial charge in [-0.15, -0.1) is 0 Å². The highest BCUT2D eigenvalue weighted by atomic mass is 32.2. The van der Waals surface area contributed by atoms with Gasteiger partial charge in [-0.05, 0) is 31.4 Å². The van der Waals surface area contributed by atoms with Crippen LogP contribution in [0.1, 0.15) is 32.1 Å². The van der Waals surface area contributed by atoms with Crippen LogP contribution in [-0.2, 0) is 9.59 Å². The molecule has 5 heteroatoms. The van der Waals surface area contributed by atoms with Gasteiger partial charge >= 0.3 is 0 Å². The Labute approximate surface area is 106 Å². The smallest absolute Gasteiger partial charge is 0.239 e. The van der Waals surface area contributed by atoms with Gasteiger partial charge in [-0.25, -0.2) is 0 Å². The molecule has 0 saturated carbocycles. The van der Waals surface area contributed by atoms with Crippen LogP contribution in [-0.4, -0.2) is 47.4 Å². The van der Waals surface area contributed by atoms with Gasteiger partial charge < -0.3 is 10.2 Å². The predicted octanol–water partition coefficient (Wildman–Crippen LogP) is 1.01. The molecule has 4 nitrogen and oxygen atoms in total. The van der Waals surface area contributed by atoms with Gasteiger partial charge in [0.1, 0.15) is 0 Å². The topological polar surface area (TPSA) is 49.4 Å². The molecule has 96 valence electrons. The lowest BCUT2D eigenvalue weighted by Crippen LogP contribution is -2.44. The normalized spacial score (nSPS) is 25.1. The van der Waals surface area contributed by atoms with Crippen LogP contribution in [0, 0.1) is 0 Å². The van der Waals surface area contributed by atoms with E-state index in [0.717, 1.165) is 25.9 Å². The zero-order valence-corrected chi connectivity index (χ0v) is 10.9. The van der Waals surface area contributed by atoms with Crippen molar-refractivity contribution in [2.24, 2.45) is 0 Å². The fourth-order valence-corrected chi connectivity index (χ4v) is 3.49.